The van der Waals surface area contributed by atoms with E-state index in [0.29, 0.717) is 45.0 Å². The summed E-state index contributed by atoms with van der Waals surface area (Å²) in [6.07, 6.45) is 0. The van der Waals surface area contributed by atoms with Gasteiger partial charge in [-0.25, -0.2) is 9.48 Å². The van der Waals surface area contributed by atoms with E-state index in [2.05, 4.69) is 10.6 Å². The van der Waals surface area contributed by atoms with Crippen LogP contribution in [0.15, 0.2) is 118 Å². The Morgan fingerprint density at radius 3 is 2.23 bits per heavy atom. The van der Waals surface area contributed by atoms with E-state index in [4.69, 9.17) is 9.52 Å². The molecule has 7 nitrogen and oxygen atoms in total. The molecule has 1 amide bonds. The van der Waals surface area contributed by atoms with Crippen molar-refractivity contribution in [3.63, 3.8) is 0 Å². The largest absolute Gasteiger partial charge is 0.422 e. The maximum Gasteiger partial charge on any atom is 0.343 e. The van der Waals surface area contributed by atoms with Crippen molar-refractivity contribution < 1.29 is 9.21 Å². The number of nitrogens with one attached hydrogen (secondary N) is 2. The van der Waals surface area contributed by atoms with E-state index in [1.165, 1.54) is 0 Å². The number of anilines is 3. The molecule has 7 heteroatoms. The van der Waals surface area contributed by atoms with E-state index >= 15 is 0 Å². The Morgan fingerprint density at radius 2 is 1.41 bits per heavy atom. The molecule has 1 atom stereocenters. The van der Waals surface area contributed by atoms with Crippen LogP contribution in [0.5, 0.6) is 0 Å². The molecule has 6 aromatic rings. The summed E-state index contributed by atoms with van der Waals surface area (Å²) in [5, 5.41) is 12.4. The number of amides is 1. The van der Waals surface area contributed by atoms with Gasteiger partial charge in [0.1, 0.15) is 16.8 Å². The van der Waals surface area contributed by atoms with Crippen molar-refractivity contribution in [3.8, 4) is 16.9 Å². The topological polar surface area (TPSA) is 89.2 Å². The normalized spacial score (nSPS) is 16.9. The van der Waals surface area contributed by atoms with Gasteiger partial charge in [-0.15, -0.1) is 0 Å². The third-order valence-corrected chi connectivity index (χ3v) is 7.66. The summed E-state index contributed by atoms with van der Waals surface area (Å²) in [4.78, 5) is 28.3. The lowest BCUT2D eigenvalue weighted by Gasteiger charge is -2.35. The summed E-state index contributed by atoms with van der Waals surface area (Å²) in [7, 11) is 0. The predicted octanol–water partition coefficient (Wildman–Crippen LogP) is 5.99. The van der Waals surface area contributed by atoms with Gasteiger partial charge in [0.2, 0.25) is 5.91 Å². The zero-order valence-corrected chi connectivity index (χ0v) is 20.5. The first-order chi connectivity index (χ1) is 19.2. The van der Waals surface area contributed by atoms with Crippen molar-refractivity contribution in [1.29, 1.82) is 0 Å². The molecule has 8 rings (SSSR count). The maximum absolute atomic E-state index is 14.4. The van der Waals surface area contributed by atoms with E-state index in [1.54, 1.807) is 6.07 Å². The minimum absolute atomic E-state index is 0.251. The van der Waals surface area contributed by atoms with Crippen LogP contribution >= 0.6 is 0 Å². The number of rotatable bonds is 2. The third kappa shape index (κ3) is 2.78. The van der Waals surface area contributed by atoms with Crippen LogP contribution in [0.3, 0.4) is 0 Å². The average molecular weight is 509 g/mol. The minimum Gasteiger partial charge on any atom is -0.422 e. The number of para-hydroxylation sites is 3. The van der Waals surface area contributed by atoms with Crippen molar-refractivity contribution in [3.05, 3.63) is 136 Å². The number of hydrogen-bond acceptors (Lipinski definition) is 5. The van der Waals surface area contributed by atoms with Crippen LogP contribution < -0.4 is 16.3 Å². The highest BCUT2D eigenvalue weighted by atomic mass is 16.4. The van der Waals surface area contributed by atoms with Crippen molar-refractivity contribution in [2.45, 2.75) is 5.41 Å². The van der Waals surface area contributed by atoms with Crippen LogP contribution in [0.1, 0.15) is 16.7 Å². The van der Waals surface area contributed by atoms with Gasteiger partial charge >= 0.3 is 5.63 Å². The van der Waals surface area contributed by atoms with Gasteiger partial charge in [-0.05, 0) is 30.3 Å². The smallest absolute Gasteiger partial charge is 0.343 e. The van der Waals surface area contributed by atoms with Crippen LogP contribution in [0.2, 0.25) is 0 Å². The molecule has 2 aliphatic rings. The second-order valence-electron chi connectivity index (χ2n) is 9.70. The van der Waals surface area contributed by atoms with E-state index < -0.39 is 11.0 Å². The van der Waals surface area contributed by atoms with E-state index in [-0.39, 0.29) is 11.5 Å². The monoisotopic (exact) mass is 508 g/mol. The molecule has 1 spiro atoms. The number of hydrogen-bond donors (Lipinski definition) is 2. The highest BCUT2D eigenvalue weighted by Gasteiger charge is 2.58. The first kappa shape index (κ1) is 21.6. The number of benzene rings is 4. The van der Waals surface area contributed by atoms with E-state index in [0.717, 1.165) is 11.3 Å². The quantitative estimate of drug-likeness (QED) is 0.281. The zero-order chi connectivity index (χ0) is 26.1. The Hall–Kier alpha value is -5.43. The van der Waals surface area contributed by atoms with Crippen LogP contribution in [0, 0.1) is 0 Å². The molecule has 4 heterocycles. The van der Waals surface area contributed by atoms with Crippen LogP contribution in [-0.2, 0) is 10.2 Å². The fourth-order valence-corrected chi connectivity index (χ4v) is 6.06. The highest BCUT2D eigenvalue weighted by molar-refractivity contribution is 6.16. The Bertz CT molecular complexity index is 2010. The van der Waals surface area contributed by atoms with Gasteiger partial charge in [0.15, 0.2) is 0 Å². The fraction of sp³-hybridized carbons (Fsp3) is 0.0312. The summed E-state index contributed by atoms with van der Waals surface area (Å²) in [5.74, 6) is 0.301. The standard InChI is InChI=1S/C32H20N4O3/c37-30-26-28(21-15-7-10-18-24(21)39-30)34-29-25(32(26)22-16-8-9-17-23(22)33-31(32)38)27(19-11-3-1-4-12-19)35-36(29)20-13-5-2-6-14-20/h1-18,34H,(H,33,38)/t32-/m0/s1. The number of fused-ring (bicyclic) bond motifs is 8. The molecule has 0 saturated carbocycles. The summed E-state index contributed by atoms with van der Waals surface area (Å²) in [6, 6.07) is 34.4. The first-order valence-electron chi connectivity index (χ1n) is 12.7. The van der Waals surface area contributed by atoms with Gasteiger partial charge in [-0.1, -0.05) is 78.9 Å². The molecule has 0 bridgehead atoms. The number of carbonyl (C=O) groups is 1. The van der Waals surface area contributed by atoms with Crippen molar-refractivity contribution in [1.82, 2.24) is 9.78 Å². The summed E-state index contributed by atoms with van der Waals surface area (Å²) >= 11 is 0. The molecule has 39 heavy (non-hydrogen) atoms. The lowest BCUT2D eigenvalue weighted by Crippen LogP contribution is -2.44. The van der Waals surface area contributed by atoms with Gasteiger partial charge < -0.3 is 15.1 Å². The predicted molar refractivity (Wildman–Crippen MR) is 150 cm³/mol. The molecular formula is C32H20N4O3. The van der Waals surface area contributed by atoms with Crippen molar-refractivity contribution in [2.75, 3.05) is 10.6 Å². The molecule has 4 aromatic carbocycles. The van der Waals surface area contributed by atoms with Gasteiger partial charge in [0.25, 0.3) is 0 Å². The van der Waals surface area contributed by atoms with Gasteiger partial charge in [0.05, 0.1) is 22.6 Å². The third-order valence-electron chi connectivity index (χ3n) is 7.66. The van der Waals surface area contributed by atoms with Gasteiger partial charge in [-0.3, -0.25) is 4.79 Å². The van der Waals surface area contributed by atoms with Crippen LogP contribution in [-0.4, -0.2) is 15.7 Å². The number of nitrogens with zero attached hydrogens (tertiary/aromatic N) is 2. The average Bonchev–Trinajstić information content (AvgIpc) is 3.50. The van der Waals surface area contributed by atoms with E-state index in [9.17, 15) is 9.59 Å². The maximum atomic E-state index is 14.4. The van der Waals surface area contributed by atoms with E-state index in [1.807, 2.05) is 108 Å². The fourth-order valence-electron chi connectivity index (χ4n) is 6.06. The summed E-state index contributed by atoms with van der Waals surface area (Å²) < 4.78 is 7.68. The Balaban J connectivity index is 1.60. The zero-order valence-electron chi connectivity index (χ0n) is 20.5. The Morgan fingerprint density at radius 1 is 0.718 bits per heavy atom. The highest BCUT2D eigenvalue weighted by Crippen LogP contribution is 2.57. The molecule has 0 unspecified atom stereocenters. The molecular weight excluding hydrogens is 488 g/mol. The molecule has 0 fully saturated rings. The molecule has 2 aliphatic heterocycles. The van der Waals surface area contributed by atoms with Gasteiger partial charge in [-0.2, -0.15) is 5.10 Å². The molecule has 0 aliphatic carbocycles. The number of carbonyl (C=O) groups excluding carboxylic acids is 1. The van der Waals surface area contributed by atoms with Crippen molar-refractivity contribution >= 4 is 34.1 Å². The summed E-state index contributed by atoms with van der Waals surface area (Å²) in [6.45, 7) is 0. The second kappa shape index (κ2) is 7.79. The van der Waals surface area contributed by atoms with Crippen LogP contribution in [0.4, 0.5) is 17.2 Å². The van der Waals surface area contributed by atoms with Crippen molar-refractivity contribution in [2.24, 2.45) is 0 Å². The number of aromatic nitrogens is 2. The Kier molecular flexibility index (Phi) is 4.32. The minimum atomic E-state index is -1.49. The molecule has 0 saturated heterocycles. The van der Waals surface area contributed by atoms with Crippen LogP contribution in [0.25, 0.3) is 27.9 Å². The lowest BCUT2D eigenvalue weighted by atomic mass is 9.67. The first-order valence-corrected chi connectivity index (χ1v) is 12.7. The SMILES string of the molecule is O=C1Nc2ccccc2[C@@]12c1c(-c3ccccc3)nn(-c3ccccc3)c1Nc1c2c(=O)oc2ccccc12. The second-order valence-corrected chi connectivity index (χ2v) is 9.70. The molecule has 2 aromatic heterocycles. The Labute approximate surface area is 222 Å². The molecule has 0 radical (unpaired) electrons. The summed E-state index contributed by atoms with van der Waals surface area (Å²) in [5.41, 5.74) is 3.37. The van der Waals surface area contributed by atoms with Gasteiger partial charge in [0, 0.05) is 27.8 Å². The molecule has 2 N–H and O–H groups in total. The lowest BCUT2D eigenvalue weighted by molar-refractivity contribution is -0.118. The molecule has 186 valence electrons.